The Morgan fingerprint density at radius 1 is 1.14 bits per heavy atom. The third-order valence-corrected chi connectivity index (χ3v) is 4.74. The highest BCUT2D eigenvalue weighted by atomic mass is 127. The molecule has 0 radical (unpaired) electrons. The molecule has 1 fully saturated rings. The van der Waals surface area contributed by atoms with Crippen molar-refractivity contribution in [2.45, 2.75) is 45.6 Å². The first-order chi connectivity index (χ1) is 13.8. The van der Waals surface area contributed by atoms with Gasteiger partial charge in [-0.2, -0.15) is 0 Å². The van der Waals surface area contributed by atoms with Gasteiger partial charge in [-0.1, -0.05) is 24.3 Å². The zero-order valence-electron chi connectivity index (χ0n) is 17.2. The summed E-state index contributed by atoms with van der Waals surface area (Å²) in [5, 5.41) is 6.70. The van der Waals surface area contributed by atoms with Gasteiger partial charge in [0.1, 0.15) is 0 Å². The lowest BCUT2D eigenvalue weighted by atomic mass is 10.1. The molecule has 0 spiro atoms. The second-order valence-electron chi connectivity index (χ2n) is 6.99. The molecule has 2 aromatic rings. The Balaban J connectivity index is 0.00000300. The molecular weight excluding hydrogens is 479 g/mol. The zero-order chi connectivity index (χ0) is 19.4. The van der Waals surface area contributed by atoms with Gasteiger partial charge in [0, 0.05) is 45.2 Å². The van der Waals surface area contributed by atoms with Gasteiger partial charge in [0.05, 0.1) is 19.3 Å². The van der Waals surface area contributed by atoms with E-state index in [-0.39, 0.29) is 24.0 Å². The highest BCUT2D eigenvalue weighted by Crippen LogP contribution is 2.14. The molecule has 0 unspecified atom stereocenters. The maximum absolute atomic E-state index is 6.03. The number of hydrogen-bond acceptors (Lipinski definition) is 3. The SMILES string of the molecule is CCNC(=NCc1cccc(COC2CCOCC2)c1)NCCn1cccc1.I. The smallest absolute Gasteiger partial charge is 0.191 e. The summed E-state index contributed by atoms with van der Waals surface area (Å²) in [7, 11) is 0. The molecule has 6 nitrogen and oxygen atoms in total. The van der Waals surface area contributed by atoms with Crippen molar-refractivity contribution in [2.24, 2.45) is 4.99 Å². The van der Waals surface area contributed by atoms with E-state index in [1.807, 2.05) is 12.1 Å². The van der Waals surface area contributed by atoms with Crippen LogP contribution in [0.2, 0.25) is 0 Å². The Morgan fingerprint density at radius 2 is 1.90 bits per heavy atom. The maximum atomic E-state index is 6.03. The first-order valence-corrected chi connectivity index (χ1v) is 10.2. The number of benzene rings is 1. The predicted molar refractivity (Wildman–Crippen MR) is 128 cm³/mol. The van der Waals surface area contributed by atoms with Crippen molar-refractivity contribution >= 4 is 29.9 Å². The van der Waals surface area contributed by atoms with Crippen LogP contribution in [0.15, 0.2) is 53.8 Å². The number of aromatic nitrogens is 1. The highest BCUT2D eigenvalue weighted by molar-refractivity contribution is 14.0. The number of rotatable bonds is 9. The summed E-state index contributed by atoms with van der Waals surface area (Å²) in [6, 6.07) is 12.6. The minimum atomic E-state index is 0. The number of guanidine groups is 1. The van der Waals surface area contributed by atoms with Crippen molar-refractivity contribution in [3.8, 4) is 0 Å². The van der Waals surface area contributed by atoms with Gasteiger partial charge in [0.15, 0.2) is 5.96 Å². The fourth-order valence-electron chi connectivity index (χ4n) is 3.21. The van der Waals surface area contributed by atoms with Crippen molar-refractivity contribution in [1.29, 1.82) is 0 Å². The fraction of sp³-hybridized carbons (Fsp3) is 0.500. The van der Waals surface area contributed by atoms with Crippen LogP contribution in [0, 0.1) is 0 Å². The van der Waals surface area contributed by atoms with Gasteiger partial charge >= 0.3 is 0 Å². The summed E-state index contributed by atoms with van der Waals surface area (Å²) in [6.07, 6.45) is 6.44. The Kier molecular flexibility index (Phi) is 11.1. The van der Waals surface area contributed by atoms with Gasteiger partial charge < -0.3 is 24.7 Å². The Morgan fingerprint density at radius 3 is 2.66 bits per heavy atom. The van der Waals surface area contributed by atoms with Crippen LogP contribution in [0.1, 0.15) is 30.9 Å². The molecule has 0 amide bonds. The van der Waals surface area contributed by atoms with Crippen molar-refractivity contribution in [3.63, 3.8) is 0 Å². The number of halogens is 1. The topological polar surface area (TPSA) is 59.8 Å². The van der Waals surface area contributed by atoms with E-state index in [0.29, 0.717) is 19.3 Å². The van der Waals surface area contributed by atoms with E-state index >= 15 is 0 Å². The Bertz CT molecular complexity index is 715. The van der Waals surface area contributed by atoms with Crippen LogP contribution in [0.3, 0.4) is 0 Å². The molecule has 160 valence electrons. The molecule has 7 heteroatoms. The van der Waals surface area contributed by atoms with Crippen molar-refractivity contribution in [1.82, 2.24) is 15.2 Å². The van der Waals surface area contributed by atoms with Gasteiger partial charge in [-0.25, -0.2) is 4.99 Å². The second-order valence-corrected chi connectivity index (χ2v) is 6.99. The van der Waals surface area contributed by atoms with Gasteiger partial charge in [0.2, 0.25) is 0 Å². The third-order valence-electron chi connectivity index (χ3n) is 4.74. The molecular formula is C22H33IN4O2. The van der Waals surface area contributed by atoms with Gasteiger partial charge in [0.25, 0.3) is 0 Å². The third kappa shape index (κ3) is 8.76. The molecule has 29 heavy (non-hydrogen) atoms. The molecule has 3 rings (SSSR count). The lowest BCUT2D eigenvalue weighted by Gasteiger charge is -2.22. The average molecular weight is 512 g/mol. The molecule has 2 heterocycles. The summed E-state index contributed by atoms with van der Waals surface area (Å²) >= 11 is 0. The van der Waals surface area contributed by atoms with Gasteiger partial charge in [-0.15, -0.1) is 24.0 Å². The zero-order valence-corrected chi connectivity index (χ0v) is 19.5. The number of nitrogens with one attached hydrogen (secondary N) is 2. The monoisotopic (exact) mass is 512 g/mol. The van der Waals surface area contributed by atoms with Crippen LogP contribution in [-0.2, 0) is 29.2 Å². The number of hydrogen-bond donors (Lipinski definition) is 2. The molecule has 0 saturated carbocycles. The first kappa shape index (κ1) is 23.7. The molecule has 0 bridgehead atoms. The van der Waals surface area contributed by atoms with Gasteiger partial charge in [-0.05, 0) is 43.0 Å². The highest BCUT2D eigenvalue weighted by Gasteiger charge is 2.14. The van der Waals surface area contributed by atoms with E-state index in [4.69, 9.17) is 14.5 Å². The first-order valence-electron chi connectivity index (χ1n) is 10.2. The summed E-state index contributed by atoms with van der Waals surface area (Å²) in [4.78, 5) is 4.72. The summed E-state index contributed by atoms with van der Waals surface area (Å²) in [6.45, 7) is 7.58. The number of ether oxygens (including phenoxy) is 2. The largest absolute Gasteiger partial charge is 0.381 e. The summed E-state index contributed by atoms with van der Waals surface area (Å²) in [5.41, 5.74) is 2.39. The molecule has 1 aromatic heterocycles. The molecule has 0 atom stereocenters. The van der Waals surface area contributed by atoms with Crippen LogP contribution < -0.4 is 10.6 Å². The summed E-state index contributed by atoms with van der Waals surface area (Å²) in [5.74, 6) is 0.846. The fourth-order valence-corrected chi connectivity index (χ4v) is 3.21. The van der Waals surface area contributed by atoms with E-state index in [1.165, 1.54) is 11.1 Å². The normalized spacial score (nSPS) is 15.0. The molecule has 1 aromatic carbocycles. The van der Waals surface area contributed by atoms with Crippen LogP contribution in [0.25, 0.3) is 0 Å². The second kappa shape index (κ2) is 13.6. The Hall–Kier alpha value is -1.58. The number of aliphatic imine (C=N–C) groups is 1. The van der Waals surface area contributed by atoms with Crippen LogP contribution >= 0.6 is 24.0 Å². The predicted octanol–water partition coefficient (Wildman–Crippen LogP) is 3.56. The molecule has 1 aliphatic heterocycles. The Labute approximate surface area is 191 Å². The van der Waals surface area contributed by atoms with Crippen LogP contribution in [-0.4, -0.2) is 42.9 Å². The summed E-state index contributed by atoms with van der Waals surface area (Å²) < 4.78 is 13.6. The van der Waals surface area contributed by atoms with Gasteiger partial charge in [-0.3, -0.25) is 0 Å². The quantitative estimate of drug-likeness (QED) is 0.307. The van der Waals surface area contributed by atoms with E-state index in [1.54, 1.807) is 0 Å². The maximum Gasteiger partial charge on any atom is 0.191 e. The van der Waals surface area contributed by atoms with Crippen LogP contribution in [0.5, 0.6) is 0 Å². The van der Waals surface area contributed by atoms with E-state index < -0.39 is 0 Å². The average Bonchev–Trinajstić information content (AvgIpc) is 3.25. The number of nitrogens with zero attached hydrogens (tertiary/aromatic N) is 2. The molecule has 2 N–H and O–H groups in total. The molecule has 1 aliphatic rings. The minimum absolute atomic E-state index is 0. The van der Waals surface area contributed by atoms with E-state index in [0.717, 1.165) is 51.6 Å². The van der Waals surface area contributed by atoms with E-state index in [2.05, 4.69) is 58.8 Å². The minimum Gasteiger partial charge on any atom is -0.381 e. The molecule has 1 saturated heterocycles. The van der Waals surface area contributed by atoms with E-state index in [9.17, 15) is 0 Å². The van der Waals surface area contributed by atoms with Crippen molar-refractivity contribution in [3.05, 3.63) is 59.9 Å². The van der Waals surface area contributed by atoms with Crippen LogP contribution in [0.4, 0.5) is 0 Å². The standard InChI is InChI=1S/C22H32N4O2.HI/c1-2-23-22(24-10-13-26-11-3-4-12-26)25-17-19-6-5-7-20(16-19)18-28-21-8-14-27-15-9-21;/h3-7,11-12,16,21H,2,8-10,13-15,17-18H2,1H3,(H2,23,24,25);1H. The lowest BCUT2D eigenvalue weighted by molar-refractivity contribution is -0.0390. The molecule has 0 aliphatic carbocycles. The lowest BCUT2D eigenvalue weighted by Crippen LogP contribution is -2.38. The van der Waals surface area contributed by atoms with Crippen molar-refractivity contribution < 1.29 is 9.47 Å². The van der Waals surface area contributed by atoms with Crippen molar-refractivity contribution in [2.75, 3.05) is 26.3 Å².